The summed E-state index contributed by atoms with van der Waals surface area (Å²) in [6.45, 7) is 32.6. The smallest absolute Gasteiger partial charge is 0.668 e. The van der Waals surface area contributed by atoms with Crippen LogP contribution >= 0.6 is 0 Å². The number of hydrogen-bond donors (Lipinski definition) is 4. The van der Waals surface area contributed by atoms with Crippen molar-refractivity contribution in [3.63, 3.8) is 0 Å². The first-order chi connectivity index (χ1) is 14.7. The zero-order valence-corrected chi connectivity index (χ0v) is 37.7. The van der Waals surface area contributed by atoms with Crippen molar-refractivity contribution in [2.75, 3.05) is 82.6 Å². The van der Waals surface area contributed by atoms with Gasteiger partial charge in [0.2, 0.25) is 0 Å². The van der Waals surface area contributed by atoms with E-state index in [1.54, 1.807) is 0 Å². The average Bonchev–Trinajstić information content (AvgIpc) is 2.45. The zero-order valence-electron chi connectivity index (χ0n) is 29.7. The van der Waals surface area contributed by atoms with Gasteiger partial charge >= 0.3 is 59.1 Å². The fourth-order valence-corrected chi connectivity index (χ4v) is 19.1. The largest absolute Gasteiger partial charge is 1.00 e. The van der Waals surface area contributed by atoms with Crippen molar-refractivity contribution in [2.24, 2.45) is 0 Å². The van der Waals surface area contributed by atoms with Crippen LogP contribution in [-0.2, 0) is 0 Å². The van der Waals surface area contributed by atoms with Crippen LogP contribution in [0.3, 0.4) is 0 Å². The maximum atomic E-state index is 4.82. The predicted molar refractivity (Wildman–Crippen MR) is 171 cm³/mol. The minimum Gasteiger partial charge on any atom is -0.668 e. The van der Waals surface area contributed by atoms with Crippen LogP contribution in [0.2, 0.25) is 78.6 Å². The molecule has 0 radical (unpaired) electrons. The van der Waals surface area contributed by atoms with Gasteiger partial charge in [-0.05, 0) is 0 Å². The Bertz CT molecular complexity index is 375. The van der Waals surface area contributed by atoms with E-state index in [2.05, 4.69) is 135 Å². The minimum atomic E-state index is -1.11. The van der Waals surface area contributed by atoms with E-state index in [-0.39, 0.29) is 59.1 Å². The SMILES string of the molecule is C[NH+](C)CC[NH+](C)C.C[NH+](C)CC[NH+](C)C.C[Si](C)(C)[N-][Si](C)(C)C.C[Si](C)(C)[N-][Si](C)(C)C.[Na+].[Na+]. The Hall–Kier alpha value is 2.63. The number of rotatable bonds is 10. The zero-order chi connectivity index (χ0) is 28.6. The Balaban J connectivity index is -0.0000000819. The molecule has 0 fully saturated rings. The molecule has 0 aliphatic heterocycles. The second-order valence-corrected chi connectivity index (χ2v) is 33.9. The van der Waals surface area contributed by atoms with Crippen molar-refractivity contribution in [3.05, 3.63) is 9.30 Å². The molecule has 0 saturated heterocycles. The molecule has 0 aliphatic carbocycles. The van der Waals surface area contributed by atoms with Crippen molar-refractivity contribution in [3.8, 4) is 0 Å². The maximum absolute atomic E-state index is 4.82. The molecule has 0 aliphatic rings. The number of likely N-dealkylation sites (N-methyl/N-ethyl adjacent to an activating group) is 4. The van der Waals surface area contributed by atoms with E-state index >= 15 is 0 Å². The van der Waals surface area contributed by atoms with Crippen molar-refractivity contribution < 1.29 is 78.7 Å². The van der Waals surface area contributed by atoms with Gasteiger partial charge in [-0.15, -0.1) is 0 Å². The molecule has 6 nitrogen and oxygen atoms in total. The van der Waals surface area contributed by atoms with Crippen molar-refractivity contribution in [1.29, 1.82) is 0 Å². The monoisotopic (exact) mass is 602 g/mol. The topological polar surface area (TPSA) is 46.0 Å². The van der Waals surface area contributed by atoms with E-state index in [4.69, 9.17) is 9.30 Å². The first kappa shape index (κ1) is 51.4. The molecule has 0 atom stereocenters. The molecule has 212 valence electrons. The molecule has 0 spiro atoms. The molecule has 4 N–H and O–H groups in total. The van der Waals surface area contributed by atoms with E-state index < -0.39 is 32.9 Å². The number of nitrogens with zero attached hydrogens (tertiary/aromatic N) is 2. The predicted octanol–water partition coefficient (Wildman–Crippen LogP) is -5.38. The summed E-state index contributed by atoms with van der Waals surface area (Å²) in [6.07, 6.45) is 0. The van der Waals surface area contributed by atoms with Gasteiger partial charge in [0.05, 0.1) is 56.4 Å². The van der Waals surface area contributed by atoms with Crippen LogP contribution in [0.5, 0.6) is 0 Å². The Morgan fingerprint density at radius 1 is 0.333 bits per heavy atom. The van der Waals surface area contributed by atoms with Crippen LogP contribution in [0.1, 0.15) is 0 Å². The van der Waals surface area contributed by atoms with Crippen molar-refractivity contribution in [2.45, 2.75) is 78.6 Å². The number of hydrogen-bond acceptors (Lipinski definition) is 0. The van der Waals surface area contributed by atoms with E-state index in [0.29, 0.717) is 0 Å². The molecule has 12 heteroatoms. The summed E-state index contributed by atoms with van der Waals surface area (Å²) < 4.78 is 9.64. The van der Waals surface area contributed by atoms with E-state index in [0.717, 1.165) is 0 Å². The van der Waals surface area contributed by atoms with Gasteiger partial charge in [-0.2, -0.15) is 0 Å². The first-order valence-electron chi connectivity index (χ1n) is 13.3. The molecular formula is C24H72N6Na2Si4+4. The number of nitrogens with one attached hydrogen (secondary N) is 4. The summed E-state index contributed by atoms with van der Waals surface area (Å²) >= 11 is 0. The molecular weight excluding hydrogens is 531 g/mol. The molecule has 0 aromatic rings. The Labute approximate surface area is 279 Å². The molecule has 0 rings (SSSR count). The normalized spacial score (nSPS) is 12.0. The molecule has 0 saturated carbocycles. The third kappa shape index (κ3) is 76.7. The Morgan fingerprint density at radius 2 is 0.444 bits per heavy atom. The molecule has 0 bridgehead atoms. The van der Waals surface area contributed by atoms with Gasteiger partial charge in [0, 0.05) is 0 Å². The quantitative estimate of drug-likeness (QED) is 0.181. The second kappa shape index (κ2) is 25.3. The third-order valence-electron chi connectivity index (χ3n) is 3.59. The van der Waals surface area contributed by atoms with Gasteiger partial charge in [-0.3, -0.25) is 0 Å². The first-order valence-corrected chi connectivity index (χ1v) is 27.1. The van der Waals surface area contributed by atoms with Crippen molar-refractivity contribution in [1.82, 2.24) is 0 Å². The van der Waals surface area contributed by atoms with Crippen LogP contribution in [-0.4, -0.2) is 116 Å². The van der Waals surface area contributed by atoms with Crippen LogP contribution in [0.25, 0.3) is 9.30 Å². The van der Waals surface area contributed by atoms with E-state index in [1.165, 1.54) is 45.8 Å². The van der Waals surface area contributed by atoms with Gasteiger partial charge in [0.15, 0.2) is 0 Å². The fraction of sp³-hybridized carbons (Fsp3) is 1.00. The number of quaternary nitrogens is 4. The summed E-state index contributed by atoms with van der Waals surface area (Å²) in [5.74, 6) is 0. The minimum absolute atomic E-state index is 0. The van der Waals surface area contributed by atoms with Crippen LogP contribution in [0.15, 0.2) is 0 Å². The van der Waals surface area contributed by atoms with Crippen LogP contribution in [0, 0.1) is 0 Å². The van der Waals surface area contributed by atoms with E-state index in [9.17, 15) is 0 Å². The average molecular weight is 603 g/mol. The third-order valence-corrected chi connectivity index (χ3v) is 14.3. The maximum Gasteiger partial charge on any atom is 1.00 e. The van der Waals surface area contributed by atoms with Gasteiger partial charge in [0.25, 0.3) is 0 Å². The summed E-state index contributed by atoms with van der Waals surface area (Å²) in [6, 6.07) is 0. The molecule has 0 amide bonds. The van der Waals surface area contributed by atoms with E-state index in [1.807, 2.05) is 0 Å². The van der Waals surface area contributed by atoms with Gasteiger partial charge in [0.1, 0.15) is 26.2 Å². The standard InChI is InChI=1S/2C6H16N2.2C6H18NSi2.2Na/c2*1-7(2)5-6-8(3)4;2*1-8(2,3)7-9(4,5)6;;/h2*5-6H2,1-4H3;2*1-6H3;;/q;;2*-1;2*+1/p+4. The Kier molecular flexibility index (Phi) is 36.2. The summed E-state index contributed by atoms with van der Waals surface area (Å²) in [5, 5.41) is 0. The Morgan fingerprint density at radius 3 is 0.472 bits per heavy atom. The fourth-order valence-electron chi connectivity index (χ4n) is 3.01. The molecule has 36 heavy (non-hydrogen) atoms. The molecule has 0 aromatic heterocycles. The van der Waals surface area contributed by atoms with Gasteiger partial charge in [-0.25, -0.2) is 0 Å². The summed E-state index contributed by atoms with van der Waals surface area (Å²) in [4.78, 5) is 6.13. The summed E-state index contributed by atoms with van der Waals surface area (Å²) in [7, 11) is 13.0. The van der Waals surface area contributed by atoms with Crippen LogP contribution in [0.4, 0.5) is 0 Å². The second-order valence-electron chi connectivity index (χ2n) is 14.7. The summed E-state index contributed by atoms with van der Waals surface area (Å²) in [5.41, 5.74) is 0. The molecule has 0 unspecified atom stereocenters. The molecule has 0 heterocycles. The van der Waals surface area contributed by atoms with Gasteiger partial charge < -0.3 is 28.9 Å². The van der Waals surface area contributed by atoms with Crippen molar-refractivity contribution >= 4 is 32.9 Å². The van der Waals surface area contributed by atoms with Crippen LogP contribution < -0.4 is 78.7 Å². The molecule has 0 aromatic carbocycles. The van der Waals surface area contributed by atoms with Gasteiger partial charge in [-0.1, -0.05) is 112 Å².